The molecule has 0 saturated carbocycles. The molecule has 0 bridgehead atoms. The minimum Gasteiger partial charge on any atom is -0.497 e. The van der Waals surface area contributed by atoms with E-state index in [1.807, 2.05) is 35.3 Å². The Hall–Kier alpha value is -2.24. The molecule has 0 unspecified atom stereocenters. The number of carbonyl (C=O) groups is 1. The van der Waals surface area contributed by atoms with E-state index in [4.69, 9.17) is 33.0 Å². The van der Waals surface area contributed by atoms with Gasteiger partial charge >= 0.3 is 0 Å². The van der Waals surface area contributed by atoms with Gasteiger partial charge in [0.25, 0.3) is 5.91 Å². The summed E-state index contributed by atoms with van der Waals surface area (Å²) in [6, 6.07) is 13.2. The van der Waals surface area contributed by atoms with Crippen LogP contribution >= 0.6 is 23.2 Å². The van der Waals surface area contributed by atoms with Crippen molar-refractivity contribution in [2.24, 2.45) is 5.10 Å². The van der Waals surface area contributed by atoms with Gasteiger partial charge in [0.2, 0.25) is 0 Å². The van der Waals surface area contributed by atoms with Crippen molar-refractivity contribution in [1.82, 2.24) is 5.32 Å². The lowest BCUT2D eigenvalue weighted by Gasteiger charge is -2.25. The molecule has 2 aromatic rings. The molecule has 5 nitrogen and oxygen atoms in total. The zero-order valence-electron chi connectivity index (χ0n) is 19.6. The van der Waals surface area contributed by atoms with Gasteiger partial charge in [0.05, 0.1) is 23.9 Å². The van der Waals surface area contributed by atoms with Gasteiger partial charge in [0.1, 0.15) is 11.5 Å². The molecule has 0 saturated heterocycles. The molecule has 0 radical (unpaired) electrons. The Balaban J connectivity index is 1.87. The topological polar surface area (TPSA) is 53.9 Å². The molecule has 1 heterocycles. The van der Waals surface area contributed by atoms with E-state index in [1.165, 1.54) is 0 Å². The third kappa shape index (κ3) is 6.64. The van der Waals surface area contributed by atoms with Gasteiger partial charge in [-0.2, -0.15) is 5.10 Å². The average Bonchev–Trinajstić information content (AvgIpc) is 3.26. The van der Waals surface area contributed by atoms with Gasteiger partial charge in [0, 0.05) is 17.5 Å². The van der Waals surface area contributed by atoms with Crippen molar-refractivity contribution in [3.63, 3.8) is 0 Å². The lowest BCUT2D eigenvalue weighted by atomic mass is 10.00. The summed E-state index contributed by atoms with van der Waals surface area (Å²) in [5.41, 5.74) is 2.26. The molecular formula is C26H33Cl2N3O2. The van der Waals surface area contributed by atoms with Gasteiger partial charge in [-0.1, -0.05) is 74.9 Å². The Labute approximate surface area is 207 Å². The summed E-state index contributed by atoms with van der Waals surface area (Å²) < 4.78 is 5.30. The summed E-state index contributed by atoms with van der Waals surface area (Å²) in [7, 11) is 1.64. The summed E-state index contributed by atoms with van der Waals surface area (Å²) in [5, 5.41) is 10.9. The summed E-state index contributed by atoms with van der Waals surface area (Å²) in [6.07, 6.45) is 6.90. The van der Waals surface area contributed by atoms with Crippen LogP contribution in [0.15, 0.2) is 47.6 Å². The lowest BCUT2D eigenvalue weighted by Crippen LogP contribution is -2.39. The smallest absolute Gasteiger partial charge is 0.267 e. The van der Waals surface area contributed by atoms with Crippen LogP contribution in [-0.4, -0.2) is 24.8 Å². The van der Waals surface area contributed by atoms with Crippen molar-refractivity contribution in [1.29, 1.82) is 0 Å². The molecule has 1 N–H and O–H groups in total. The number of methoxy groups -OCH3 is 1. The van der Waals surface area contributed by atoms with Crippen LogP contribution in [0, 0.1) is 0 Å². The second-order valence-corrected chi connectivity index (χ2v) is 9.28. The summed E-state index contributed by atoms with van der Waals surface area (Å²) >= 11 is 12.6. The Morgan fingerprint density at radius 2 is 1.79 bits per heavy atom. The minimum absolute atomic E-state index is 0.0988. The van der Waals surface area contributed by atoms with E-state index in [0.717, 1.165) is 55.5 Å². The number of halogens is 2. The Morgan fingerprint density at radius 3 is 2.36 bits per heavy atom. The van der Waals surface area contributed by atoms with Crippen LogP contribution in [0.3, 0.4) is 0 Å². The predicted octanol–water partition coefficient (Wildman–Crippen LogP) is 7.17. The monoisotopic (exact) mass is 489 g/mol. The maximum absolute atomic E-state index is 13.2. The molecule has 1 atom stereocenters. The number of anilines is 1. The van der Waals surface area contributed by atoms with Crippen molar-refractivity contribution >= 4 is 40.5 Å². The van der Waals surface area contributed by atoms with E-state index in [-0.39, 0.29) is 18.0 Å². The van der Waals surface area contributed by atoms with E-state index in [1.54, 1.807) is 19.2 Å². The molecule has 178 valence electrons. The van der Waals surface area contributed by atoms with Crippen LogP contribution < -0.4 is 15.1 Å². The largest absolute Gasteiger partial charge is 0.497 e. The fraction of sp³-hybridized carbons (Fsp3) is 0.462. The van der Waals surface area contributed by atoms with Gasteiger partial charge in [0.15, 0.2) is 0 Å². The van der Waals surface area contributed by atoms with Gasteiger partial charge in [-0.05, 0) is 48.7 Å². The van der Waals surface area contributed by atoms with E-state index in [2.05, 4.69) is 19.2 Å². The Morgan fingerprint density at radius 1 is 1.12 bits per heavy atom. The number of hydrogen-bond acceptors (Lipinski definition) is 4. The molecule has 0 fully saturated rings. The third-order valence-electron chi connectivity index (χ3n) is 5.98. The zero-order valence-corrected chi connectivity index (χ0v) is 21.1. The molecule has 0 spiro atoms. The van der Waals surface area contributed by atoms with Crippen LogP contribution in [0.25, 0.3) is 0 Å². The Bertz CT molecular complexity index is 955. The van der Waals surface area contributed by atoms with Crippen LogP contribution in [0.5, 0.6) is 5.75 Å². The van der Waals surface area contributed by atoms with Crippen LogP contribution in [-0.2, 0) is 4.79 Å². The standard InChI is InChI=1S/C26H33Cl2N3O2/c1-4-6-8-20(9-7-5-2)29-26(32)23-17-25(18-10-13-21(33-3)14-11-18)31(30-23)24-15-12-19(27)16-22(24)28/h10-16,20,25H,4-9,17H2,1-3H3,(H,29,32)/t25-/m0/s1. The number of benzene rings is 2. The first-order chi connectivity index (χ1) is 16.0. The number of hydrogen-bond donors (Lipinski definition) is 1. The Kier molecular flexibility index (Phi) is 9.45. The van der Waals surface area contributed by atoms with Crippen molar-refractivity contribution < 1.29 is 9.53 Å². The average molecular weight is 490 g/mol. The minimum atomic E-state index is -0.153. The van der Waals surface area contributed by atoms with Crippen LogP contribution in [0.1, 0.15) is 70.4 Å². The number of rotatable bonds is 11. The summed E-state index contributed by atoms with van der Waals surface area (Å²) in [6.45, 7) is 4.35. The second-order valence-electron chi connectivity index (χ2n) is 8.43. The van der Waals surface area contributed by atoms with E-state index >= 15 is 0 Å². The molecule has 1 aliphatic rings. The molecule has 1 amide bonds. The zero-order chi connectivity index (χ0) is 23.8. The van der Waals surface area contributed by atoms with Crippen molar-refractivity contribution in [2.75, 3.05) is 12.1 Å². The molecule has 0 aromatic heterocycles. The predicted molar refractivity (Wildman–Crippen MR) is 138 cm³/mol. The van der Waals surface area contributed by atoms with Gasteiger partial charge in [-0.3, -0.25) is 9.80 Å². The first-order valence-corrected chi connectivity index (χ1v) is 12.5. The van der Waals surface area contributed by atoms with Crippen LogP contribution in [0.2, 0.25) is 10.0 Å². The van der Waals surface area contributed by atoms with Crippen molar-refractivity contribution in [2.45, 2.75) is 70.9 Å². The van der Waals surface area contributed by atoms with Gasteiger partial charge < -0.3 is 10.1 Å². The summed E-state index contributed by atoms with van der Waals surface area (Å²) in [5.74, 6) is 0.680. The lowest BCUT2D eigenvalue weighted by molar-refractivity contribution is -0.115. The highest BCUT2D eigenvalue weighted by Crippen LogP contribution is 2.40. The first kappa shape index (κ1) is 25.4. The second kappa shape index (κ2) is 12.3. The van der Waals surface area contributed by atoms with E-state index in [0.29, 0.717) is 22.2 Å². The molecule has 2 aromatic carbocycles. The third-order valence-corrected chi connectivity index (χ3v) is 6.51. The maximum atomic E-state index is 13.2. The van der Waals surface area contributed by atoms with Crippen molar-refractivity contribution in [3.05, 3.63) is 58.1 Å². The molecule has 33 heavy (non-hydrogen) atoms. The number of unbranched alkanes of at least 4 members (excludes halogenated alkanes) is 2. The highest BCUT2D eigenvalue weighted by molar-refractivity contribution is 6.40. The summed E-state index contributed by atoms with van der Waals surface area (Å²) in [4.78, 5) is 13.2. The van der Waals surface area contributed by atoms with E-state index in [9.17, 15) is 4.79 Å². The number of ether oxygens (including phenoxy) is 1. The number of amides is 1. The fourth-order valence-electron chi connectivity index (χ4n) is 4.08. The van der Waals surface area contributed by atoms with Gasteiger partial charge in [-0.15, -0.1) is 0 Å². The normalized spacial score (nSPS) is 15.6. The highest BCUT2D eigenvalue weighted by atomic mass is 35.5. The highest BCUT2D eigenvalue weighted by Gasteiger charge is 2.34. The maximum Gasteiger partial charge on any atom is 0.267 e. The molecule has 3 rings (SSSR count). The molecular weight excluding hydrogens is 457 g/mol. The number of hydrazone groups is 1. The molecule has 0 aliphatic carbocycles. The number of carbonyl (C=O) groups excluding carboxylic acids is 1. The molecule has 7 heteroatoms. The number of nitrogens with one attached hydrogen (secondary N) is 1. The van der Waals surface area contributed by atoms with E-state index < -0.39 is 0 Å². The van der Waals surface area contributed by atoms with Crippen molar-refractivity contribution in [3.8, 4) is 5.75 Å². The quantitative estimate of drug-likeness (QED) is 0.363. The SMILES string of the molecule is CCCCC(CCCC)NC(=O)C1=NN(c2ccc(Cl)cc2Cl)[C@H](c2ccc(OC)cc2)C1. The fourth-order valence-corrected chi connectivity index (χ4v) is 4.58. The van der Waals surface area contributed by atoms with Gasteiger partial charge in [-0.25, -0.2) is 0 Å². The molecule has 1 aliphatic heterocycles. The number of nitrogens with zero attached hydrogens (tertiary/aromatic N) is 2. The first-order valence-electron chi connectivity index (χ1n) is 11.7. The van der Waals surface area contributed by atoms with Crippen LogP contribution in [0.4, 0.5) is 5.69 Å².